The van der Waals surface area contributed by atoms with Crippen molar-refractivity contribution in [3.8, 4) is 0 Å². The second-order valence-electron chi connectivity index (χ2n) is 9.44. The van der Waals surface area contributed by atoms with Crippen LogP contribution in [0.4, 0.5) is 0 Å². The maximum atomic E-state index is 11.7. The number of furan rings is 1. The molecule has 0 saturated heterocycles. The van der Waals surface area contributed by atoms with E-state index < -0.39 is 5.60 Å². The zero-order chi connectivity index (χ0) is 20.8. The van der Waals surface area contributed by atoms with E-state index in [1.165, 1.54) is 43.4 Å². The first-order chi connectivity index (χ1) is 14.6. The molecule has 0 radical (unpaired) electrons. The molecule has 0 aromatic carbocycles. The number of ether oxygens (including phenoxy) is 1. The Bertz CT molecular complexity index is 732. The first kappa shape index (κ1) is 22.1. The minimum atomic E-state index is -0.789. The van der Waals surface area contributed by atoms with E-state index in [0.29, 0.717) is 11.8 Å². The third kappa shape index (κ3) is 5.76. The molecule has 30 heavy (non-hydrogen) atoms. The number of thiophene rings is 1. The Labute approximate surface area is 185 Å². The molecule has 0 bridgehead atoms. The van der Waals surface area contributed by atoms with Gasteiger partial charge in [0, 0.05) is 31.7 Å². The van der Waals surface area contributed by atoms with Crippen LogP contribution < -0.4 is 0 Å². The lowest BCUT2D eigenvalue weighted by atomic mass is 9.70. The minimum absolute atomic E-state index is 0.660. The van der Waals surface area contributed by atoms with Crippen molar-refractivity contribution in [2.24, 2.45) is 11.8 Å². The number of rotatable bonds is 13. The summed E-state index contributed by atoms with van der Waals surface area (Å²) >= 11 is 1.80. The van der Waals surface area contributed by atoms with Crippen LogP contribution in [0.25, 0.3) is 0 Å². The summed E-state index contributed by atoms with van der Waals surface area (Å²) in [5.74, 6) is 3.07. The molecule has 2 aromatic rings. The normalized spacial score (nSPS) is 18.0. The molecule has 2 aromatic heterocycles. The summed E-state index contributed by atoms with van der Waals surface area (Å²) in [6.45, 7) is 3.43. The molecule has 5 heteroatoms. The predicted octanol–water partition coefficient (Wildman–Crippen LogP) is 5.95. The number of aliphatic hydroxyl groups is 1. The highest BCUT2D eigenvalue weighted by molar-refractivity contribution is 7.09. The molecule has 4 rings (SSSR count). The van der Waals surface area contributed by atoms with Gasteiger partial charge in [0.15, 0.2) is 0 Å². The van der Waals surface area contributed by atoms with Gasteiger partial charge < -0.3 is 14.3 Å². The van der Waals surface area contributed by atoms with Crippen LogP contribution >= 0.6 is 11.3 Å². The molecule has 2 aliphatic carbocycles. The smallest absolute Gasteiger partial charge is 0.135 e. The molecule has 0 aliphatic heterocycles. The summed E-state index contributed by atoms with van der Waals surface area (Å²) < 4.78 is 11.6. The van der Waals surface area contributed by atoms with Gasteiger partial charge in [-0.2, -0.15) is 0 Å². The van der Waals surface area contributed by atoms with Gasteiger partial charge in [-0.3, -0.25) is 4.90 Å². The van der Waals surface area contributed by atoms with Crippen LogP contribution in [0.5, 0.6) is 0 Å². The SMILES string of the molecule is COCCCN(Cc1ccc(C(O)(CC2CCC2)CC2CCC2)o1)Cc1cccs1. The Morgan fingerprint density at radius 2 is 1.83 bits per heavy atom. The van der Waals surface area contributed by atoms with Crippen LogP contribution in [0, 0.1) is 11.8 Å². The molecule has 166 valence electrons. The van der Waals surface area contributed by atoms with E-state index in [1.807, 2.05) is 6.07 Å². The van der Waals surface area contributed by atoms with E-state index in [-0.39, 0.29) is 0 Å². The van der Waals surface area contributed by atoms with E-state index in [1.54, 1.807) is 18.4 Å². The number of nitrogens with zero attached hydrogens (tertiary/aromatic N) is 1. The summed E-state index contributed by atoms with van der Waals surface area (Å²) in [7, 11) is 1.76. The van der Waals surface area contributed by atoms with Crippen molar-refractivity contribution in [3.05, 3.63) is 46.0 Å². The molecule has 2 aliphatic rings. The van der Waals surface area contributed by atoms with Crippen molar-refractivity contribution in [3.63, 3.8) is 0 Å². The Morgan fingerprint density at radius 3 is 2.40 bits per heavy atom. The highest BCUT2D eigenvalue weighted by atomic mass is 32.1. The summed E-state index contributed by atoms with van der Waals surface area (Å²) in [4.78, 5) is 3.79. The van der Waals surface area contributed by atoms with Gasteiger partial charge in [-0.25, -0.2) is 0 Å². The van der Waals surface area contributed by atoms with Crippen molar-refractivity contribution in [1.82, 2.24) is 4.90 Å². The quantitative estimate of drug-likeness (QED) is 0.398. The average Bonchev–Trinajstić information content (AvgIpc) is 3.34. The standard InChI is InChI=1S/C25H37NO3S/c1-28-14-5-13-26(19-23-10-4-15-30-23)18-22-11-12-24(29-22)25(27,16-20-6-2-7-20)17-21-8-3-9-21/h4,10-12,15,20-21,27H,2-3,5-9,13-14,16-19H2,1H3. The lowest BCUT2D eigenvalue weighted by Gasteiger charge is -2.39. The largest absolute Gasteiger partial charge is 0.462 e. The van der Waals surface area contributed by atoms with Crippen LogP contribution in [0.15, 0.2) is 34.1 Å². The van der Waals surface area contributed by atoms with E-state index in [2.05, 4.69) is 28.5 Å². The molecule has 1 N–H and O–H groups in total. The minimum Gasteiger partial charge on any atom is -0.462 e. The lowest BCUT2D eigenvalue weighted by Crippen LogP contribution is -2.34. The van der Waals surface area contributed by atoms with Crippen LogP contribution in [0.3, 0.4) is 0 Å². The zero-order valence-corrected chi connectivity index (χ0v) is 19.2. The Kier molecular flexibility index (Phi) is 7.69. The Hall–Kier alpha value is -1.14. The van der Waals surface area contributed by atoms with Crippen molar-refractivity contribution in [2.75, 3.05) is 20.3 Å². The number of hydrogen-bond donors (Lipinski definition) is 1. The van der Waals surface area contributed by atoms with Gasteiger partial charge in [0.1, 0.15) is 17.1 Å². The van der Waals surface area contributed by atoms with Gasteiger partial charge in [-0.05, 0) is 54.7 Å². The van der Waals surface area contributed by atoms with Gasteiger partial charge in [-0.1, -0.05) is 44.6 Å². The van der Waals surface area contributed by atoms with E-state index >= 15 is 0 Å². The molecule has 2 saturated carbocycles. The second kappa shape index (κ2) is 10.4. The molecule has 0 unspecified atom stereocenters. The van der Waals surface area contributed by atoms with Crippen molar-refractivity contribution >= 4 is 11.3 Å². The van der Waals surface area contributed by atoms with E-state index in [9.17, 15) is 5.11 Å². The van der Waals surface area contributed by atoms with Gasteiger partial charge in [0.05, 0.1) is 6.54 Å². The lowest BCUT2D eigenvalue weighted by molar-refractivity contribution is -0.0494. The zero-order valence-electron chi connectivity index (χ0n) is 18.4. The van der Waals surface area contributed by atoms with Crippen molar-refractivity contribution < 1.29 is 14.3 Å². The second-order valence-corrected chi connectivity index (χ2v) is 10.5. The molecule has 4 nitrogen and oxygen atoms in total. The van der Waals surface area contributed by atoms with Gasteiger partial charge >= 0.3 is 0 Å². The van der Waals surface area contributed by atoms with Crippen LogP contribution in [0.1, 0.15) is 74.2 Å². The molecular weight excluding hydrogens is 394 g/mol. The first-order valence-corrected chi connectivity index (χ1v) is 12.6. The Balaban J connectivity index is 1.43. The molecule has 0 amide bonds. The summed E-state index contributed by atoms with van der Waals surface area (Å²) in [5.41, 5.74) is -0.789. The summed E-state index contributed by atoms with van der Waals surface area (Å²) in [5, 5.41) is 13.8. The molecular formula is C25H37NO3S. The monoisotopic (exact) mass is 431 g/mol. The summed E-state index contributed by atoms with van der Waals surface area (Å²) in [6.07, 6.45) is 10.4. The Morgan fingerprint density at radius 1 is 1.10 bits per heavy atom. The van der Waals surface area contributed by atoms with Gasteiger partial charge in [0.2, 0.25) is 0 Å². The summed E-state index contributed by atoms with van der Waals surface area (Å²) in [6, 6.07) is 8.43. The van der Waals surface area contributed by atoms with Crippen LogP contribution in [-0.4, -0.2) is 30.3 Å². The topological polar surface area (TPSA) is 45.8 Å². The van der Waals surface area contributed by atoms with Crippen molar-refractivity contribution in [2.45, 2.75) is 76.5 Å². The fraction of sp³-hybridized carbons (Fsp3) is 0.680. The fourth-order valence-corrected chi connectivity index (χ4v) is 5.58. The number of methoxy groups -OCH3 is 1. The van der Waals surface area contributed by atoms with Gasteiger partial charge in [0.25, 0.3) is 0 Å². The van der Waals surface area contributed by atoms with E-state index in [4.69, 9.17) is 9.15 Å². The molecule has 2 heterocycles. The third-order valence-corrected chi connectivity index (χ3v) is 7.85. The van der Waals surface area contributed by atoms with Crippen LogP contribution in [-0.2, 0) is 23.4 Å². The third-order valence-electron chi connectivity index (χ3n) is 6.98. The average molecular weight is 432 g/mol. The molecule has 2 fully saturated rings. The number of hydrogen-bond acceptors (Lipinski definition) is 5. The van der Waals surface area contributed by atoms with Gasteiger partial charge in [-0.15, -0.1) is 11.3 Å². The predicted molar refractivity (Wildman–Crippen MR) is 121 cm³/mol. The van der Waals surface area contributed by atoms with Crippen molar-refractivity contribution in [1.29, 1.82) is 0 Å². The maximum Gasteiger partial charge on any atom is 0.135 e. The first-order valence-electron chi connectivity index (χ1n) is 11.7. The fourth-order valence-electron chi connectivity index (χ4n) is 4.84. The maximum absolute atomic E-state index is 11.7. The highest BCUT2D eigenvalue weighted by Gasteiger charge is 2.40. The molecule has 0 spiro atoms. The molecule has 0 atom stereocenters. The highest BCUT2D eigenvalue weighted by Crippen LogP contribution is 2.45. The van der Waals surface area contributed by atoms with E-state index in [0.717, 1.165) is 57.0 Å². The van der Waals surface area contributed by atoms with Crippen LogP contribution in [0.2, 0.25) is 0 Å².